The Labute approximate surface area is 87.4 Å². The summed E-state index contributed by atoms with van der Waals surface area (Å²) in [5.74, 6) is -0.0872. The molecule has 0 heterocycles. The first-order chi connectivity index (χ1) is 7.19. The van der Waals surface area contributed by atoms with Gasteiger partial charge < -0.3 is 20.3 Å². The molecule has 0 amide bonds. The highest BCUT2D eigenvalue weighted by atomic mass is 16.5. The van der Waals surface area contributed by atoms with Crippen molar-refractivity contribution in [1.29, 1.82) is 0 Å². The molecule has 82 valence electrons. The van der Waals surface area contributed by atoms with Gasteiger partial charge in [-0.1, -0.05) is 0 Å². The third-order valence-corrected chi connectivity index (χ3v) is 1.79. The van der Waals surface area contributed by atoms with Gasteiger partial charge in [0, 0.05) is 0 Å². The summed E-state index contributed by atoms with van der Waals surface area (Å²) in [6.45, 7) is -0.219. The summed E-state index contributed by atoms with van der Waals surface area (Å²) in [6, 6.07) is 4.60. The number of anilines is 1. The number of hydrogen-bond acceptors (Lipinski definition) is 5. The Morgan fingerprint density at radius 2 is 2.27 bits per heavy atom. The van der Waals surface area contributed by atoms with Crippen molar-refractivity contribution < 1.29 is 19.4 Å². The lowest BCUT2D eigenvalue weighted by molar-refractivity contribution is 0.0433. The van der Waals surface area contributed by atoms with Crippen molar-refractivity contribution in [2.75, 3.05) is 26.1 Å². The van der Waals surface area contributed by atoms with Crippen LogP contribution in [0.2, 0.25) is 0 Å². The zero-order valence-corrected chi connectivity index (χ0v) is 8.40. The van der Waals surface area contributed by atoms with Crippen LogP contribution in [0.25, 0.3) is 0 Å². The zero-order valence-electron chi connectivity index (χ0n) is 8.40. The van der Waals surface area contributed by atoms with Gasteiger partial charge in [0.2, 0.25) is 0 Å². The Balaban J connectivity index is 2.81. The van der Waals surface area contributed by atoms with E-state index in [1.165, 1.54) is 19.2 Å². The number of carbonyl (C=O) groups is 1. The molecule has 0 aliphatic heterocycles. The van der Waals surface area contributed by atoms with E-state index in [2.05, 4.69) is 0 Å². The molecule has 15 heavy (non-hydrogen) atoms. The SMILES string of the molecule is COc1cc(C(=O)OCCO)ccc1N. The lowest BCUT2D eigenvalue weighted by atomic mass is 10.2. The summed E-state index contributed by atoms with van der Waals surface area (Å²) in [6.07, 6.45) is 0. The minimum atomic E-state index is -0.512. The van der Waals surface area contributed by atoms with E-state index in [0.29, 0.717) is 17.0 Å². The van der Waals surface area contributed by atoms with Crippen LogP contribution in [-0.4, -0.2) is 31.4 Å². The summed E-state index contributed by atoms with van der Waals surface area (Å²) in [5, 5.41) is 8.49. The molecule has 0 unspecified atom stereocenters. The number of aliphatic hydroxyl groups excluding tert-OH is 1. The minimum Gasteiger partial charge on any atom is -0.495 e. The number of rotatable bonds is 4. The van der Waals surface area contributed by atoms with Crippen molar-refractivity contribution >= 4 is 11.7 Å². The Morgan fingerprint density at radius 3 is 2.87 bits per heavy atom. The van der Waals surface area contributed by atoms with Crippen LogP contribution in [0.15, 0.2) is 18.2 Å². The fourth-order valence-electron chi connectivity index (χ4n) is 1.06. The van der Waals surface area contributed by atoms with Gasteiger partial charge in [-0.25, -0.2) is 4.79 Å². The van der Waals surface area contributed by atoms with Crippen LogP contribution in [0.1, 0.15) is 10.4 Å². The van der Waals surface area contributed by atoms with Crippen molar-refractivity contribution in [1.82, 2.24) is 0 Å². The second-order valence-corrected chi connectivity index (χ2v) is 2.82. The molecule has 3 N–H and O–H groups in total. The predicted molar refractivity (Wildman–Crippen MR) is 54.8 cm³/mol. The van der Waals surface area contributed by atoms with Gasteiger partial charge in [0.1, 0.15) is 12.4 Å². The number of methoxy groups -OCH3 is 1. The molecule has 0 radical (unpaired) electrons. The molecule has 0 aliphatic carbocycles. The van der Waals surface area contributed by atoms with Gasteiger partial charge in [-0.15, -0.1) is 0 Å². The smallest absolute Gasteiger partial charge is 0.338 e. The normalized spacial score (nSPS) is 9.73. The van der Waals surface area contributed by atoms with Crippen molar-refractivity contribution in [2.45, 2.75) is 0 Å². The molecule has 1 aromatic carbocycles. The van der Waals surface area contributed by atoms with Gasteiger partial charge >= 0.3 is 5.97 Å². The number of nitrogens with two attached hydrogens (primary N) is 1. The van der Waals surface area contributed by atoms with Crippen LogP contribution in [0.4, 0.5) is 5.69 Å². The molecule has 0 saturated carbocycles. The quantitative estimate of drug-likeness (QED) is 0.557. The summed E-state index contributed by atoms with van der Waals surface area (Å²) in [5.41, 5.74) is 6.38. The zero-order chi connectivity index (χ0) is 11.3. The van der Waals surface area contributed by atoms with Crippen LogP contribution in [0.5, 0.6) is 5.75 Å². The molecular weight excluding hydrogens is 198 g/mol. The fourth-order valence-corrected chi connectivity index (χ4v) is 1.06. The predicted octanol–water partition coefficient (Wildman–Crippen LogP) is 0.427. The van der Waals surface area contributed by atoms with Crippen molar-refractivity contribution in [3.8, 4) is 5.75 Å². The lowest BCUT2D eigenvalue weighted by Crippen LogP contribution is -2.09. The van der Waals surface area contributed by atoms with E-state index in [9.17, 15) is 4.79 Å². The minimum absolute atomic E-state index is 0.0223. The Kier molecular flexibility index (Phi) is 3.93. The van der Waals surface area contributed by atoms with Crippen LogP contribution < -0.4 is 10.5 Å². The molecule has 0 saturated heterocycles. The number of carbonyl (C=O) groups excluding carboxylic acids is 1. The monoisotopic (exact) mass is 211 g/mol. The molecule has 0 aromatic heterocycles. The van der Waals surface area contributed by atoms with Crippen molar-refractivity contribution in [3.05, 3.63) is 23.8 Å². The van der Waals surface area contributed by atoms with E-state index in [1.54, 1.807) is 6.07 Å². The maximum Gasteiger partial charge on any atom is 0.338 e. The first-order valence-corrected chi connectivity index (χ1v) is 4.40. The molecule has 0 fully saturated rings. The van der Waals surface area contributed by atoms with E-state index >= 15 is 0 Å². The van der Waals surface area contributed by atoms with Crippen LogP contribution in [0.3, 0.4) is 0 Å². The summed E-state index contributed by atoms with van der Waals surface area (Å²) in [4.78, 5) is 11.4. The highest BCUT2D eigenvalue weighted by Gasteiger charge is 2.09. The molecule has 0 aliphatic rings. The van der Waals surface area contributed by atoms with Gasteiger partial charge in [-0.05, 0) is 18.2 Å². The maximum absolute atomic E-state index is 11.4. The first-order valence-electron chi connectivity index (χ1n) is 4.40. The fraction of sp³-hybridized carbons (Fsp3) is 0.300. The van der Waals surface area contributed by atoms with Gasteiger partial charge in [0.15, 0.2) is 0 Å². The standard InChI is InChI=1S/C10H13NO4/c1-14-9-6-7(2-3-8(9)11)10(13)15-5-4-12/h2-3,6,12H,4-5,11H2,1H3. The van der Waals surface area contributed by atoms with Gasteiger partial charge in [-0.3, -0.25) is 0 Å². The number of benzene rings is 1. The number of aliphatic hydroxyl groups is 1. The van der Waals surface area contributed by atoms with Crippen LogP contribution in [0, 0.1) is 0 Å². The van der Waals surface area contributed by atoms with E-state index < -0.39 is 5.97 Å². The highest BCUT2D eigenvalue weighted by molar-refractivity contribution is 5.90. The average Bonchev–Trinajstić information content (AvgIpc) is 2.26. The maximum atomic E-state index is 11.4. The highest BCUT2D eigenvalue weighted by Crippen LogP contribution is 2.22. The van der Waals surface area contributed by atoms with Gasteiger partial charge in [0.25, 0.3) is 0 Å². The number of hydrogen-bond donors (Lipinski definition) is 2. The topological polar surface area (TPSA) is 81.8 Å². The van der Waals surface area contributed by atoms with Crippen molar-refractivity contribution in [2.24, 2.45) is 0 Å². The average molecular weight is 211 g/mol. The second-order valence-electron chi connectivity index (χ2n) is 2.82. The number of esters is 1. The first kappa shape index (κ1) is 11.3. The molecule has 0 bridgehead atoms. The molecule has 5 nitrogen and oxygen atoms in total. The van der Waals surface area contributed by atoms with Gasteiger partial charge in [-0.2, -0.15) is 0 Å². The molecule has 5 heteroatoms. The third-order valence-electron chi connectivity index (χ3n) is 1.79. The molecule has 1 aromatic rings. The third kappa shape index (κ3) is 2.85. The summed E-state index contributed by atoms with van der Waals surface area (Å²) < 4.78 is 9.69. The van der Waals surface area contributed by atoms with E-state index in [0.717, 1.165) is 0 Å². The number of nitrogen functional groups attached to an aromatic ring is 1. The van der Waals surface area contributed by atoms with Gasteiger partial charge in [0.05, 0.1) is 25.0 Å². The van der Waals surface area contributed by atoms with Crippen molar-refractivity contribution in [3.63, 3.8) is 0 Å². The molecular formula is C10H13NO4. The Morgan fingerprint density at radius 1 is 1.53 bits per heavy atom. The van der Waals surface area contributed by atoms with Crippen LogP contribution in [-0.2, 0) is 4.74 Å². The Hall–Kier alpha value is -1.75. The summed E-state index contributed by atoms with van der Waals surface area (Å²) in [7, 11) is 1.47. The Bertz CT molecular complexity index is 351. The van der Waals surface area contributed by atoms with Crippen LogP contribution >= 0.6 is 0 Å². The van der Waals surface area contributed by atoms with E-state index in [1.807, 2.05) is 0 Å². The molecule has 1 rings (SSSR count). The lowest BCUT2D eigenvalue weighted by Gasteiger charge is -2.07. The van der Waals surface area contributed by atoms with E-state index in [-0.39, 0.29) is 13.2 Å². The summed E-state index contributed by atoms with van der Waals surface area (Å²) >= 11 is 0. The molecule has 0 atom stereocenters. The molecule has 0 spiro atoms. The van der Waals surface area contributed by atoms with E-state index in [4.69, 9.17) is 20.3 Å². The second kappa shape index (κ2) is 5.21. The largest absolute Gasteiger partial charge is 0.495 e. The number of ether oxygens (including phenoxy) is 2.